The molecule has 2 fully saturated rings. The van der Waals surface area contributed by atoms with Crippen LogP contribution in [0.2, 0.25) is 0 Å². The summed E-state index contributed by atoms with van der Waals surface area (Å²) in [5, 5.41) is 3.40. The number of rotatable bonds is 4. The van der Waals surface area contributed by atoms with Crippen LogP contribution in [0.1, 0.15) is 81.6 Å². The minimum absolute atomic E-state index is 0.570. The molecule has 0 bridgehead atoms. The molecular weight excluding hydrogens is 314 g/mol. The predicted molar refractivity (Wildman–Crippen MR) is 86.3 cm³/mol. The fourth-order valence-corrected chi connectivity index (χ4v) is 3.76. The Hall–Kier alpha value is -0.640. The van der Waals surface area contributed by atoms with E-state index in [2.05, 4.69) is 28.2 Å². The quantitative estimate of drug-likeness (QED) is 0.786. The molecule has 0 aliphatic heterocycles. The van der Waals surface area contributed by atoms with E-state index in [0.29, 0.717) is 11.8 Å². The van der Waals surface area contributed by atoms with Crippen LogP contribution in [0.15, 0.2) is 4.47 Å². The van der Waals surface area contributed by atoms with Crippen molar-refractivity contribution in [2.24, 2.45) is 0 Å². The zero-order chi connectivity index (χ0) is 13.9. The maximum absolute atomic E-state index is 4.94. The van der Waals surface area contributed by atoms with Crippen LogP contribution in [0.3, 0.4) is 0 Å². The van der Waals surface area contributed by atoms with E-state index >= 15 is 0 Å². The lowest BCUT2D eigenvalue weighted by molar-refractivity contribution is 0.557. The van der Waals surface area contributed by atoms with Gasteiger partial charge in [-0.15, -0.1) is 0 Å². The monoisotopic (exact) mass is 337 g/mol. The minimum atomic E-state index is 0.570. The molecular formula is C16H24BrN3. The van der Waals surface area contributed by atoms with E-state index in [9.17, 15) is 0 Å². The van der Waals surface area contributed by atoms with Crippen molar-refractivity contribution in [2.45, 2.75) is 70.1 Å². The molecule has 2 aliphatic rings. The van der Waals surface area contributed by atoms with Gasteiger partial charge in [0.25, 0.3) is 0 Å². The van der Waals surface area contributed by atoms with Gasteiger partial charge in [-0.05, 0) is 48.5 Å². The zero-order valence-corrected chi connectivity index (χ0v) is 13.9. The van der Waals surface area contributed by atoms with Gasteiger partial charge in [0.05, 0.1) is 10.2 Å². The Kier molecular flexibility index (Phi) is 4.59. The molecule has 1 heterocycles. The number of anilines is 1. The van der Waals surface area contributed by atoms with Crippen molar-refractivity contribution in [2.75, 3.05) is 11.9 Å². The molecule has 2 aliphatic carbocycles. The van der Waals surface area contributed by atoms with E-state index in [1.54, 1.807) is 0 Å². The average Bonchev–Trinajstić information content (AvgIpc) is 3.27. The lowest BCUT2D eigenvalue weighted by atomic mass is 9.99. The van der Waals surface area contributed by atoms with Gasteiger partial charge >= 0.3 is 0 Å². The van der Waals surface area contributed by atoms with Gasteiger partial charge in [0.2, 0.25) is 0 Å². The van der Waals surface area contributed by atoms with Crippen LogP contribution in [-0.2, 0) is 0 Å². The first-order valence-corrected chi connectivity index (χ1v) is 8.90. The zero-order valence-electron chi connectivity index (χ0n) is 12.3. The summed E-state index contributed by atoms with van der Waals surface area (Å²) >= 11 is 3.71. The molecule has 1 aromatic heterocycles. The summed E-state index contributed by atoms with van der Waals surface area (Å²) in [7, 11) is 0. The van der Waals surface area contributed by atoms with Crippen molar-refractivity contribution in [3.8, 4) is 0 Å². The van der Waals surface area contributed by atoms with E-state index in [0.717, 1.165) is 22.7 Å². The SMILES string of the molecule is CCNc1nc(C2CCCCCC2)nc(C2CC2)c1Br. The smallest absolute Gasteiger partial charge is 0.144 e. The van der Waals surface area contributed by atoms with Crippen LogP contribution in [0.5, 0.6) is 0 Å². The van der Waals surface area contributed by atoms with E-state index in [4.69, 9.17) is 9.97 Å². The predicted octanol–water partition coefficient (Wildman–Crippen LogP) is 4.99. The third-order valence-electron chi connectivity index (χ3n) is 4.42. The highest BCUT2D eigenvalue weighted by Gasteiger charge is 2.30. The molecule has 110 valence electrons. The third-order valence-corrected chi connectivity index (χ3v) is 5.20. The standard InChI is InChI=1S/C16H24BrN3/c1-2-18-16-13(17)14(11-9-10-11)19-15(20-16)12-7-5-3-4-6-8-12/h11-12H,2-10H2,1H3,(H,18,19,20). The van der Waals surface area contributed by atoms with Crippen molar-refractivity contribution < 1.29 is 0 Å². The lowest BCUT2D eigenvalue weighted by Gasteiger charge is -2.17. The maximum Gasteiger partial charge on any atom is 0.144 e. The Morgan fingerprint density at radius 2 is 1.70 bits per heavy atom. The number of nitrogens with one attached hydrogen (secondary N) is 1. The summed E-state index contributed by atoms with van der Waals surface area (Å²) in [5.41, 5.74) is 1.25. The fourth-order valence-electron chi connectivity index (χ4n) is 3.11. The number of aromatic nitrogens is 2. The molecule has 2 saturated carbocycles. The highest BCUT2D eigenvalue weighted by Crippen LogP contribution is 2.44. The molecule has 3 rings (SSSR count). The molecule has 0 atom stereocenters. The van der Waals surface area contributed by atoms with Crippen molar-refractivity contribution in [3.63, 3.8) is 0 Å². The van der Waals surface area contributed by atoms with E-state index < -0.39 is 0 Å². The minimum Gasteiger partial charge on any atom is -0.369 e. The summed E-state index contributed by atoms with van der Waals surface area (Å²) in [5.74, 6) is 3.33. The van der Waals surface area contributed by atoms with Crippen LogP contribution in [0.25, 0.3) is 0 Å². The van der Waals surface area contributed by atoms with Crippen molar-refractivity contribution in [1.82, 2.24) is 9.97 Å². The van der Waals surface area contributed by atoms with Gasteiger partial charge in [-0.3, -0.25) is 0 Å². The summed E-state index contributed by atoms with van der Waals surface area (Å²) in [4.78, 5) is 9.77. The number of nitrogens with zero attached hydrogens (tertiary/aromatic N) is 2. The molecule has 0 unspecified atom stereocenters. The Bertz CT molecular complexity index is 463. The van der Waals surface area contributed by atoms with Crippen LogP contribution >= 0.6 is 15.9 Å². The van der Waals surface area contributed by atoms with Crippen molar-refractivity contribution >= 4 is 21.7 Å². The third kappa shape index (κ3) is 3.16. The summed E-state index contributed by atoms with van der Waals surface area (Å²) in [6.45, 7) is 3.03. The van der Waals surface area contributed by atoms with Gasteiger partial charge in [-0.2, -0.15) is 0 Å². The molecule has 0 spiro atoms. The molecule has 0 amide bonds. The van der Waals surface area contributed by atoms with Gasteiger partial charge in [0.1, 0.15) is 11.6 Å². The van der Waals surface area contributed by atoms with Gasteiger partial charge in [0, 0.05) is 18.4 Å². The Balaban J connectivity index is 1.92. The molecule has 1 aromatic rings. The van der Waals surface area contributed by atoms with E-state index in [1.165, 1.54) is 57.1 Å². The second kappa shape index (κ2) is 6.42. The highest BCUT2D eigenvalue weighted by atomic mass is 79.9. The van der Waals surface area contributed by atoms with Gasteiger partial charge in [-0.1, -0.05) is 25.7 Å². The number of hydrogen-bond acceptors (Lipinski definition) is 3. The summed E-state index contributed by atoms with van der Waals surface area (Å²) in [6, 6.07) is 0. The lowest BCUT2D eigenvalue weighted by Crippen LogP contribution is -2.11. The average molecular weight is 338 g/mol. The molecule has 20 heavy (non-hydrogen) atoms. The Morgan fingerprint density at radius 1 is 1.00 bits per heavy atom. The number of hydrogen-bond donors (Lipinski definition) is 1. The fraction of sp³-hybridized carbons (Fsp3) is 0.750. The topological polar surface area (TPSA) is 37.8 Å². The summed E-state index contributed by atoms with van der Waals surface area (Å²) < 4.78 is 1.10. The first-order valence-electron chi connectivity index (χ1n) is 8.10. The molecule has 0 radical (unpaired) electrons. The van der Waals surface area contributed by atoms with Gasteiger partial charge in [0.15, 0.2) is 0 Å². The second-order valence-electron chi connectivity index (χ2n) is 6.12. The molecule has 3 nitrogen and oxygen atoms in total. The first kappa shape index (κ1) is 14.3. The second-order valence-corrected chi connectivity index (χ2v) is 6.92. The number of halogens is 1. The molecule has 1 N–H and O–H groups in total. The Morgan fingerprint density at radius 3 is 2.30 bits per heavy atom. The van der Waals surface area contributed by atoms with Crippen LogP contribution in [0, 0.1) is 0 Å². The largest absolute Gasteiger partial charge is 0.369 e. The van der Waals surface area contributed by atoms with E-state index in [1.807, 2.05) is 0 Å². The van der Waals surface area contributed by atoms with Crippen LogP contribution < -0.4 is 5.32 Å². The highest BCUT2D eigenvalue weighted by molar-refractivity contribution is 9.10. The van der Waals surface area contributed by atoms with Gasteiger partial charge < -0.3 is 5.32 Å². The van der Waals surface area contributed by atoms with Gasteiger partial charge in [-0.25, -0.2) is 9.97 Å². The van der Waals surface area contributed by atoms with Crippen LogP contribution in [-0.4, -0.2) is 16.5 Å². The Labute approximate surface area is 130 Å². The molecule has 4 heteroatoms. The molecule has 0 aromatic carbocycles. The van der Waals surface area contributed by atoms with Crippen molar-refractivity contribution in [1.29, 1.82) is 0 Å². The first-order chi connectivity index (χ1) is 9.79. The molecule has 0 saturated heterocycles. The maximum atomic E-state index is 4.94. The van der Waals surface area contributed by atoms with Crippen LogP contribution in [0.4, 0.5) is 5.82 Å². The summed E-state index contributed by atoms with van der Waals surface area (Å²) in [6.07, 6.45) is 10.5. The van der Waals surface area contributed by atoms with Crippen molar-refractivity contribution in [3.05, 3.63) is 16.0 Å². The van der Waals surface area contributed by atoms with E-state index in [-0.39, 0.29) is 0 Å². The normalized spacial score (nSPS) is 20.7.